The lowest BCUT2D eigenvalue weighted by atomic mass is 9.99. The maximum Gasteiger partial charge on any atom is 0.342 e. The van der Waals surface area contributed by atoms with Gasteiger partial charge >= 0.3 is 5.97 Å². The Kier molecular flexibility index (Phi) is 5.84. The summed E-state index contributed by atoms with van der Waals surface area (Å²) < 4.78 is 6.25. The molecular formula is C22H18ClNO5. The van der Waals surface area contributed by atoms with Gasteiger partial charge < -0.3 is 14.4 Å². The number of halogens is 1. The van der Waals surface area contributed by atoms with Gasteiger partial charge in [-0.1, -0.05) is 35.9 Å². The molecular weight excluding hydrogens is 394 g/mol. The van der Waals surface area contributed by atoms with Crippen LogP contribution < -0.4 is 5.56 Å². The van der Waals surface area contributed by atoms with Crippen LogP contribution in [0.5, 0.6) is 5.75 Å². The molecule has 29 heavy (non-hydrogen) atoms. The average molecular weight is 412 g/mol. The fourth-order valence-corrected chi connectivity index (χ4v) is 3.10. The van der Waals surface area contributed by atoms with Crippen LogP contribution in [0.3, 0.4) is 0 Å². The maximum absolute atomic E-state index is 13.2. The molecule has 0 aliphatic heterocycles. The molecule has 6 nitrogen and oxygen atoms in total. The topological polar surface area (TPSA) is 85.6 Å². The number of esters is 1. The van der Waals surface area contributed by atoms with Gasteiger partial charge in [0, 0.05) is 17.5 Å². The van der Waals surface area contributed by atoms with Gasteiger partial charge in [0.2, 0.25) is 5.78 Å². The van der Waals surface area contributed by atoms with E-state index in [1.165, 1.54) is 17.7 Å². The molecule has 0 spiro atoms. The van der Waals surface area contributed by atoms with Gasteiger partial charge in [0.1, 0.15) is 16.9 Å². The van der Waals surface area contributed by atoms with Crippen LogP contribution in [-0.2, 0) is 16.6 Å². The Morgan fingerprint density at radius 1 is 1.14 bits per heavy atom. The Balaban J connectivity index is 2.22. The Hall–Kier alpha value is -3.38. The SMILES string of the molecule is CCOC(=O)/C(=C\c1ccc(Cl)cc1)C(=O)c1c(O)c2ccccc2n(C)c1=O. The van der Waals surface area contributed by atoms with Crippen molar-refractivity contribution < 1.29 is 19.4 Å². The summed E-state index contributed by atoms with van der Waals surface area (Å²) in [6, 6.07) is 13.1. The van der Waals surface area contributed by atoms with Gasteiger partial charge in [-0.05, 0) is 42.8 Å². The number of hydrogen-bond donors (Lipinski definition) is 1. The zero-order chi connectivity index (χ0) is 21.1. The summed E-state index contributed by atoms with van der Waals surface area (Å²) in [5.41, 5.74) is -0.581. The fraction of sp³-hybridized carbons (Fsp3) is 0.136. The fourth-order valence-electron chi connectivity index (χ4n) is 2.97. The van der Waals surface area contributed by atoms with Gasteiger partial charge in [-0.3, -0.25) is 9.59 Å². The molecule has 148 valence electrons. The van der Waals surface area contributed by atoms with Gasteiger partial charge in [0.05, 0.1) is 12.1 Å². The molecule has 0 saturated carbocycles. The van der Waals surface area contributed by atoms with Crippen molar-refractivity contribution in [1.82, 2.24) is 4.57 Å². The molecule has 0 bridgehead atoms. The zero-order valence-electron chi connectivity index (χ0n) is 15.8. The lowest BCUT2D eigenvalue weighted by Gasteiger charge is -2.12. The van der Waals surface area contributed by atoms with E-state index < -0.39 is 28.6 Å². The molecule has 2 aromatic carbocycles. The number of aryl methyl sites for hydroxylation is 1. The first-order valence-electron chi connectivity index (χ1n) is 8.85. The largest absolute Gasteiger partial charge is 0.506 e. The monoisotopic (exact) mass is 411 g/mol. The number of para-hydroxylation sites is 1. The quantitative estimate of drug-likeness (QED) is 0.227. The summed E-state index contributed by atoms with van der Waals surface area (Å²) in [4.78, 5) is 38.5. The number of aromatic hydroxyl groups is 1. The number of pyridine rings is 1. The van der Waals surface area contributed by atoms with E-state index in [1.807, 2.05) is 0 Å². The van der Waals surface area contributed by atoms with Gasteiger partial charge in [0.25, 0.3) is 5.56 Å². The molecule has 3 rings (SSSR count). The van der Waals surface area contributed by atoms with E-state index in [1.54, 1.807) is 55.5 Å². The lowest BCUT2D eigenvalue weighted by molar-refractivity contribution is -0.137. The number of aromatic nitrogens is 1. The first kappa shape index (κ1) is 20.4. The van der Waals surface area contributed by atoms with Crippen LogP contribution in [0.2, 0.25) is 5.02 Å². The summed E-state index contributed by atoms with van der Waals surface area (Å²) in [6.07, 6.45) is 1.31. The number of carbonyl (C=O) groups is 2. The minimum atomic E-state index is -0.915. The van der Waals surface area contributed by atoms with Crippen LogP contribution >= 0.6 is 11.6 Å². The highest BCUT2D eigenvalue weighted by molar-refractivity contribution is 6.30. The van der Waals surface area contributed by atoms with E-state index in [4.69, 9.17) is 16.3 Å². The first-order valence-corrected chi connectivity index (χ1v) is 9.22. The Morgan fingerprint density at radius 3 is 2.45 bits per heavy atom. The molecule has 1 N–H and O–H groups in total. The molecule has 1 heterocycles. The standard InChI is InChI=1S/C22H18ClNO5/c1-3-29-22(28)16(12-13-8-10-14(23)11-9-13)20(26)18-19(25)15-6-4-5-7-17(15)24(2)21(18)27/h4-12,25H,3H2,1-2H3/b16-12-. The van der Waals surface area contributed by atoms with Crippen LogP contribution in [-0.4, -0.2) is 28.0 Å². The summed E-state index contributed by atoms with van der Waals surface area (Å²) in [5.74, 6) is -2.27. The number of nitrogens with zero attached hydrogens (tertiary/aromatic N) is 1. The number of hydrogen-bond acceptors (Lipinski definition) is 5. The number of benzene rings is 2. The van der Waals surface area contributed by atoms with E-state index in [0.29, 0.717) is 21.5 Å². The predicted molar refractivity (Wildman–Crippen MR) is 111 cm³/mol. The number of rotatable bonds is 5. The van der Waals surface area contributed by atoms with Gasteiger partial charge in [0.15, 0.2) is 0 Å². The predicted octanol–water partition coefficient (Wildman–Crippen LogP) is 3.73. The third kappa shape index (κ3) is 3.93. The van der Waals surface area contributed by atoms with Gasteiger partial charge in [-0.2, -0.15) is 0 Å². The maximum atomic E-state index is 13.2. The van der Waals surface area contributed by atoms with Crippen molar-refractivity contribution in [2.24, 2.45) is 7.05 Å². The van der Waals surface area contributed by atoms with Gasteiger partial charge in [-0.25, -0.2) is 4.79 Å². The number of fused-ring (bicyclic) bond motifs is 1. The number of ketones is 1. The molecule has 0 aliphatic carbocycles. The zero-order valence-corrected chi connectivity index (χ0v) is 16.6. The van der Waals surface area contributed by atoms with Crippen LogP contribution in [0.15, 0.2) is 58.9 Å². The Bertz CT molecular complexity index is 1190. The highest BCUT2D eigenvalue weighted by Crippen LogP contribution is 2.28. The highest BCUT2D eigenvalue weighted by atomic mass is 35.5. The second-order valence-corrected chi connectivity index (χ2v) is 6.70. The summed E-state index contributed by atoms with van der Waals surface area (Å²) in [5, 5.41) is 11.5. The first-order chi connectivity index (χ1) is 13.8. The summed E-state index contributed by atoms with van der Waals surface area (Å²) in [6.45, 7) is 1.65. The second-order valence-electron chi connectivity index (χ2n) is 6.26. The minimum absolute atomic E-state index is 0.0474. The molecule has 1 aromatic heterocycles. The van der Waals surface area contributed by atoms with E-state index >= 15 is 0 Å². The van der Waals surface area contributed by atoms with Crippen molar-refractivity contribution in [3.63, 3.8) is 0 Å². The van der Waals surface area contributed by atoms with Crippen LogP contribution in [0.1, 0.15) is 22.8 Å². The molecule has 0 amide bonds. The van der Waals surface area contributed by atoms with E-state index in [9.17, 15) is 19.5 Å². The normalized spacial score (nSPS) is 11.5. The second kappa shape index (κ2) is 8.32. The van der Waals surface area contributed by atoms with Crippen molar-refractivity contribution in [2.45, 2.75) is 6.92 Å². The van der Waals surface area contributed by atoms with Crippen LogP contribution in [0, 0.1) is 0 Å². The van der Waals surface area contributed by atoms with Crippen LogP contribution in [0.4, 0.5) is 0 Å². The number of carbonyl (C=O) groups excluding carboxylic acids is 2. The van der Waals surface area contributed by atoms with E-state index in [-0.39, 0.29) is 12.2 Å². The molecule has 0 radical (unpaired) electrons. The molecule has 0 aliphatic rings. The highest BCUT2D eigenvalue weighted by Gasteiger charge is 2.28. The summed E-state index contributed by atoms with van der Waals surface area (Å²) in [7, 11) is 1.49. The molecule has 0 saturated heterocycles. The van der Waals surface area contributed by atoms with Crippen molar-refractivity contribution in [3.8, 4) is 5.75 Å². The molecule has 0 fully saturated rings. The molecule has 0 unspecified atom stereocenters. The van der Waals surface area contributed by atoms with Crippen molar-refractivity contribution >= 4 is 40.3 Å². The number of ether oxygens (including phenoxy) is 1. The van der Waals surface area contributed by atoms with Crippen molar-refractivity contribution in [1.29, 1.82) is 0 Å². The van der Waals surface area contributed by atoms with Gasteiger partial charge in [-0.15, -0.1) is 0 Å². The molecule has 0 atom stereocenters. The Labute approximate surface area is 171 Å². The smallest absolute Gasteiger partial charge is 0.342 e. The van der Waals surface area contributed by atoms with E-state index in [0.717, 1.165) is 0 Å². The van der Waals surface area contributed by atoms with Crippen molar-refractivity contribution in [3.05, 3.63) is 80.6 Å². The Morgan fingerprint density at radius 2 is 1.79 bits per heavy atom. The third-order valence-corrected chi connectivity index (χ3v) is 4.68. The summed E-state index contributed by atoms with van der Waals surface area (Å²) >= 11 is 5.88. The minimum Gasteiger partial charge on any atom is -0.506 e. The third-order valence-electron chi connectivity index (χ3n) is 4.42. The lowest BCUT2D eigenvalue weighted by Crippen LogP contribution is -2.28. The van der Waals surface area contributed by atoms with E-state index in [2.05, 4.69) is 0 Å². The molecule has 7 heteroatoms. The van der Waals surface area contributed by atoms with Crippen molar-refractivity contribution in [2.75, 3.05) is 6.61 Å². The molecule has 3 aromatic rings. The average Bonchev–Trinajstić information content (AvgIpc) is 2.72. The van der Waals surface area contributed by atoms with Crippen LogP contribution in [0.25, 0.3) is 17.0 Å². The number of Topliss-reactive ketones (excluding diaryl/α,β-unsaturated/α-hetero) is 1.